The maximum Gasteiger partial charge on any atom is 0.396 e. The molecule has 0 radical (unpaired) electrons. The molecule has 1 aromatic heterocycles. The lowest BCUT2D eigenvalue weighted by Gasteiger charge is -2.26. The van der Waals surface area contributed by atoms with Gasteiger partial charge in [0.2, 0.25) is 11.8 Å². The van der Waals surface area contributed by atoms with Crippen LogP contribution in [0.2, 0.25) is 0 Å². The van der Waals surface area contributed by atoms with Gasteiger partial charge >= 0.3 is 11.9 Å². The van der Waals surface area contributed by atoms with Crippen LogP contribution in [0.25, 0.3) is 0 Å². The number of esters is 1. The van der Waals surface area contributed by atoms with Gasteiger partial charge in [-0.2, -0.15) is 0 Å². The van der Waals surface area contributed by atoms with E-state index in [1.54, 1.807) is 6.92 Å². The second kappa shape index (κ2) is 4.99. The Labute approximate surface area is 103 Å². The second-order valence-electron chi connectivity index (χ2n) is 4.32. The largest absolute Gasteiger partial charge is 0.459 e. The number of ether oxygens (including phenoxy) is 1. The summed E-state index contributed by atoms with van der Waals surface area (Å²) in [6, 6.07) is 0. The number of halogens is 2. The predicted octanol–water partition coefficient (Wildman–Crippen LogP) is 2.54. The Kier molecular flexibility index (Phi) is 3.58. The van der Waals surface area contributed by atoms with E-state index in [9.17, 15) is 13.6 Å². The van der Waals surface area contributed by atoms with E-state index in [0.717, 1.165) is 0 Å². The molecule has 1 unspecified atom stereocenters. The number of hydrogen-bond acceptors (Lipinski definition) is 5. The highest BCUT2D eigenvalue weighted by Gasteiger charge is 2.39. The van der Waals surface area contributed by atoms with Crippen molar-refractivity contribution in [1.82, 2.24) is 10.2 Å². The van der Waals surface area contributed by atoms with Gasteiger partial charge in [0, 0.05) is 18.8 Å². The number of carbonyl (C=O) groups is 1. The summed E-state index contributed by atoms with van der Waals surface area (Å²) in [5, 5.41) is 7.18. The van der Waals surface area contributed by atoms with E-state index in [1.165, 1.54) is 0 Å². The predicted molar refractivity (Wildman–Crippen MR) is 56.4 cm³/mol. The molecule has 0 bridgehead atoms. The summed E-state index contributed by atoms with van der Waals surface area (Å²) in [6.45, 7) is 1.84. The molecule has 1 aliphatic rings. The van der Waals surface area contributed by atoms with Crippen LogP contribution in [0.4, 0.5) is 8.78 Å². The van der Waals surface area contributed by atoms with Gasteiger partial charge in [-0.05, 0) is 19.8 Å². The van der Waals surface area contributed by atoms with Crippen LogP contribution in [0.1, 0.15) is 55.1 Å². The number of rotatable bonds is 3. The van der Waals surface area contributed by atoms with E-state index in [4.69, 9.17) is 4.42 Å². The first-order valence-corrected chi connectivity index (χ1v) is 5.90. The smallest absolute Gasteiger partial charge is 0.396 e. The Morgan fingerprint density at radius 3 is 3.00 bits per heavy atom. The van der Waals surface area contributed by atoms with Gasteiger partial charge in [0.15, 0.2) is 0 Å². The lowest BCUT2D eigenvalue weighted by Crippen LogP contribution is -2.25. The third kappa shape index (κ3) is 2.83. The molecule has 7 heteroatoms. The van der Waals surface area contributed by atoms with Crippen molar-refractivity contribution in [3.05, 3.63) is 11.8 Å². The van der Waals surface area contributed by atoms with E-state index in [1.807, 2.05) is 0 Å². The molecule has 0 saturated heterocycles. The Morgan fingerprint density at radius 1 is 1.56 bits per heavy atom. The minimum Gasteiger partial charge on any atom is -0.459 e. The van der Waals surface area contributed by atoms with Crippen LogP contribution in [0.15, 0.2) is 4.42 Å². The van der Waals surface area contributed by atoms with Gasteiger partial charge in [-0.15, -0.1) is 10.2 Å². The van der Waals surface area contributed by atoms with Gasteiger partial charge in [-0.1, -0.05) is 0 Å². The quantitative estimate of drug-likeness (QED) is 0.781. The first-order chi connectivity index (χ1) is 8.52. The van der Waals surface area contributed by atoms with E-state index < -0.39 is 17.8 Å². The molecule has 0 aromatic carbocycles. The van der Waals surface area contributed by atoms with Crippen molar-refractivity contribution in [3.8, 4) is 0 Å². The molecule has 100 valence electrons. The lowest BCUT2D eigenvalue weighted by molar-refractivity contribution is -0.0436. The van der Waals surface area contributed by atoms with Crippen LogP contribution in [0.3, 0.4) is 0 Å². The van der Waals surface area contributed by atoms with E-state index >= 15 is 0 Å². The molecule has 1 heterocycles. The molecule has 1 atom stereocenters. The van der Waals surface area contributed by atoms with Crippen molar-refractivity contribution < 1.29 is 22.7 Å². The molecule has 18 heavy (non-hydrogen) atoms. The SMILES string of the molecule is CCOC(=O)c1nnc(C2CCCC(F)(F)C2)o1. The fraction of sp³-hybridized carbons (Fsp3) is 0.727. The third-order valence-electron chi connectivity index (χ3n) is 2.88. The Bertz CT molecular complexity index is 434. The molecule has 0 aliphatic heterocycles. The summed E-state index contributed by atoms with van der Waals surface area (Å²) in [6.07, 6.45) is 0.564. The summed E-state index contributed by atoms with van der Waals surface area (Å²) < 4.78 is 36.3. The number of hydrogen-bond donors (Lipinski definition) is 0. The minimum atomic E-state index is -2.69. The average Bonchev–Trinajstić information content (AvgIpc) is 2.77. The Hall–Kier alpha value is -1.53. The molecular weight excluding hydrogens is 246 g/mol. The topological polar surface area (TPSA) is 65.2 Å². The highest BCUT2D eigenvalue weighted by Crippen LogP contribution is 2.41. The normalized spacial score (nSPS) is 22.7. The van der Waals surface area contributed by atoms with Crippen LogP contribution >= 0.6 is 0 Å². The van der Waals surface area contributed by atoms with Crippen molar-refractivity contribution in [3.63, 3.8) is 0 Å². The average molecular weight is 260 g/mol. The lowest BCUT2D eigenvalue weighted by atomic mass is 9.86. The molecule has 1 aromatic rings. The maximum atomic E-state index is 13.2. The number of aromatic nitrogens is 2. The van der Waals surface area contributed by atoms with Gasteiger partial charge in [-0.25, -0.2) is 13.6 Å². The number of carbonyl (C=O) groups excluding carboxylic acids is 1. The molecule has 0 N–H and O–H groups in total. The monoisotopic (exact) mass is 260 g/mol. The van der Waals surface area contributed by atoms with Crippen molar-refractivity contribution in [2.75, 3.05) is 6.61 Å². The summed E-state index contributed by atoms with van der Waals surface area (Å²) in [5.74, 6) is -4.08. The molecule has 0 spiro atoms. The first kappa shape index (κ1) is 12.9. The first-order valence-electron chi connectivity index (χ1n) is 5.90. The molecule has 1 saturated carbocycles. The van der Waals surface area contributed by atoms with Crippen molar-refractivity contribution >= 4 is 5.97 Å². The Balaban J connectivity index is 2.08. The van der Waals surface area contributed by atoms with Gasteiger partial charge in [0.25, 0.3) is 0 Å². The van der Waals surface area contributed by atoms with E-state index in [-0.39, 0.29) is 31.2 Å². The van der Waals surface area contributed by atoms with Gasteiger partial charge in [0.05, 0.1) is 6.61 Å². The Morgan fingerprint density at radius 2 is 2.33 bits per heavy atom. The van der Waals surface area contributed by atoms with Crippen molar-refractivity contribution in [1.29, 1.82) is 0 Å². The van der Waals surface area contributed by atoms with Crippen LogP contribution in [-0.2, 0) is 4.74 Å². The minimum absolute atomic E-state index is 0.0948. The molecule has 1 aliphatic carbocycles. The van der Waals surface area contributed by atoms with E-state index in [2.05, 4.69) is 14.9 Å². The highest BCUT2D eigenvalue weighted by atomic mass is 19.3. The maximum absolute atomic E-state index is 13.2. The standard InChI is InChI=1S/C11H14F2N2O3/c1-2-17-10(16)9-15-14-8(18-9)7-4-3-5-11(12,13)6-7/h7H,2-6H2,1H3. The van der Waals surface area contributed by atoms with Crippen molar-refractivity contribution in [2.45, 2.75) is 44.4 Å². The van der Waals surface area contributed by atoms with Gasteiger partial charge in [0.1, 0.15) is 0 Å². The van der Waals surface area contributed by atoms with Gasteiger partial charge in [-0.3, -0.25) is 0 Å². The molecular formula is C11H14F2N2O3. The molecule has 2 rings (SSSR count). The number of nitrogens with zero attached hydrogens (tertiary/aromatic N) is 2. The van der Waals surface area contributed by atoms with Crippen LogP contribution in [0, 0.1) is 0 Å². The van der Waals surface area contributed by atoms with Gasteiger partial charge < -0.3 is 9.15 Å². The fourth-order valence-electron chi connectivity index (χ4n) is 2.06. The summed E-state index contributed by atoms with van der Waals surface area (Å²) in [5.41, 5.74) is 0. The molecule has 5 nitrogen and oxygen atoms in total. The van der Waals surface area contributed by atoms with Crippen LogP contribution < -0.4 is 0 Å². The summed E-state index contributed by atoms with van der Waals surface area (Å²) >= 11 is 0. The number of alkyl halides is 2. The zero-order chi connectivity index (χ0) is 13.2. The molecule has 0 amide bonds. The zero-order valence-electron chi connectivity index (χ0n) is 9.99. The summed E-state index contributed by atoms with van der Waals surface area (Å²) in [7, 11) is 0. The highest BCUT2D eigenvalue weighted by molar-refractivity contribution is 5.83. The van der Waals surface area contributed by atoms with E-state index in [0.29, 0.717) is 12.8 Å². The van der Waals surface area contributed by atoms with Crippen LogP contribution in [0.5, 0.6) is 0 Å². The van der Waals surface area contributed by atoms with Crippen molar-refractivity contribution in [2.24, 2.45) is 0 Å². The zero-order valence-corrected chi connectivity index (χ0v) is 9.99. The third-order valence-corrected chi connectivity index (χ3v) is 2.88. The summed E-state index contributed by atoms with van der Waals surface area (Å²) in [4.78, 5) is 11.3. The van der Waals surface area contributed by atoms with Crippen LogP contribution in [-0.4, -0.2) is 28.7 Å². The second-order valence-corrected chi connectivity index (χ2v) is 4.32. The molecule has 1 fully saturated rings. The fourth-order valence-corrected chi connectivity index (χ4v) is 2.06.